The van der Waals surface area contributed by atoms with Crippen LogP contribution < -0.4 is 5.56 Å². The number of pyridine rings is 1. The second kappa shape index (κ2) is 4.21. The Morgan fingerprint density at radius 3 is 2.65 bits per heavy atom. The second-order valence-corrected chi connectivity index (χ2v) is 3.84. The molecule has 0 aromatic carbocycles. The predicted octanol–water partition coefficient (Wildman–Crippen LogP) is -2.44. The maximum Gasteiger partial charge on any atom is 0.286 e. The van der Waals surface area contributed by atoms with Gasteiger partial charge in [-0.05, 0) is 6.07 Å². The molecule has 7 nitrogen and oxygen atoms in total. The number of hydrogen-bond donors (Lipinski definition) is 4. The average molecular weight is 243 g/mol. The van der Waals surface area contributed by atoms with E-state index in [0.717, 1.165) is 4.57 Å². The van der Waals surface area contributed by atoms with Gasteiger partial charge in [0.05, 0.1) is 6.61 Å². The highest BCUT2D eigenvalue weighted by atomic mass is 16.7. The third kappa shape index (κ3) is 1.78. The summed E-state index contributed by atoms with van der Waals surface area (Å²) in [5.41, 5.74) is -0.597. The molecular formula is C10H13NO6. The molecule has 94 valence electrons. The third-order valence-corrected chi connectivity index (χ3v) is 2.76. The molecule has 1 fully saturated rings. The van der Waals surface area contributed by atoms with Gasteiger partial charge in [0.25, 0.3) is 11.5 Å². The first kappa shape index (κ1) is 12.2. The van der Waals surface area contributed by atoms with E-state index >= 15 is 0 Å². The summed E-state index contributed by atoms with van der Waals surface area (Å²) in [6, 6.07) is 4.10. The second-order valence-electron chi connectivity index (χ2n) is 3.84. The summed E-state index contributed by atoms with van der Waals surface area (Å²) in [6.07, 6.45) is -3.13. The summed E-state index contributed by atoms with van der Waals surface area (Å²) < 4.78 is 5.72. The molecule has 4 N–H and O–H groups in total. The molecular weight excluding hydrogens is 230 g/mol. The van der Waals surface area contributed by atoms with Crippen molar-refractivity contribution in [2.24, 2.45) is 0 Å². The van der Waals surface area contributed by atoms with Crippen molar-refractivity contribution < 1.29 is 25.2 Å². The molecule has 2 heterocycles. The molecule has 1 aromatic rings. The van der Waals surface area contributed by atoms with Crippen molar-refractivity contribution in [3.05, 3.63) is 34.7 Å². The van der Waals surface area contributed by atoms with Crippen molar-refractivity contribution in [2.75, 3.05) is 6.61 Å². The highest BCUT2D eigenvalue weighted by Crippen LogP contribution is 2.32. The minimum Gasteiger partial charge on any atom is -0.394 e. The van der Waals surface area contributed by atoms with Crippen LogP contribution in [0.25, 0.3) is 0 Å². The Hall–Kier alpha value is -1.25. The minimum absolute atomic E-state index is 0.581. The standard InChI is InChI=1S/C10H13NO6/c12-5-6-8(14)9(15)10(16,17-6)11-4-2-1-3-7(11)13/h1-4,6,8-9,12,14-16H,5H2/t6-,8-,9-,10+/m1/s1. The molecule has 0 aliphatic carbocycles. The van der Waals surface area contributed by atoms with Gasteiger partial charge in [0.2, 0.25) is 0 Å². The lowest BCUT2D eigenvalue weighted by molar-refractivity contribution is -0.290. The van der Waals surface area contributed by atoms with Crippen LogP contribution >= 0.6 is 0 Å². The third-order valence-electron chi connectivity index (χ3n) is 2.76. The van der Waals surface area contributed by atoms with E-state index in [0.29, 0.717) is 0 Å². The first-order valence-electron chi connectivity index (χ1n) is 5.06. The Balaban J connectivity index is 2.44. The fourth-order valence-electron chi connectivity index (χ4n) is 1.82. The first-order chi connectivity index (χ1) is 8.00. The van der Waals surface area contributed by atoms with Crippen molar-refractivity contribution in [3.63, 3.8) is 0 Å². The zero-order valence-corrected chi connectivity index (χ0v) is 8.80. The Morgan fingerprint density at radius 2 is 2.12 bits per heavy atom. The molecule has 0 spiro atoms. The van der Waals surface area contributed by atoms with Gasteiger partial charge in [0, 0.05) is 12.3 Å². The van der Waals surface area contributed by atoms with Crippen LogP contribution in [-0.2, 0) is 10.6 Å². The summed E-state index contributed by atoms with van der Waals surface area (Å²) in [7, 11) is 0. The molecule has 0 amide bonds. The lowest BCUT2D eigenvalue weighted by atomic mass is 10.1. The van der Waals surface area contributed by atoms with Crippen LogP contribution in [-0.4, -0.2) is 49.9 Å². The van der Waals surface area contributed by atoms with E-state index in [-0.39, 0.29) is 0 Å². The first-order valence-corrected chi connectivity index (χ1v) is 5.06. The van der Waals surface area contributed by atoms with Crippen LogP contribution in [0.15, 0.2) is 29.2 Å². The summed E-state index contributed by atoms with van der Waals surface area (Å²) >= 11 is 0. The number of hydrogen-bond acceptors (Lipinski definition) is 6. The van der Waals surface area contributed by atoms with E-state index in [2.05, 4.69) is 0 Å². The lowest BCUT2D eigenvalue weighted by Gasteiger charge is -2.27. The number of ether oxygens (including phenoxy) is 1. The van der Waals surface area contributed by atoms with E-state index in [1.54, 1.807) is 0 Å². The van der Waals surface area contributed by atoms with Crippen molar-refractivity contribution in [1.29, 1.82) is 0 Å². The normalized spacial score (nSPS) is 37.3. The Morgan fingerprint density at radius 1 is 1.41 bits per heavy atom. The molecule has 7 heteroatoms. The van der Waals surface area contributed by atoms with Gasteiger partial charge in [-0.1, -0.05) is 6.07 Å². The van der Waals surface area contributed by atoms with Gasteiger partial charge in [0.1, 0.15) is 12.2 Å². The van der Waals surface area contributed by atoms with Crippen molar-refractivity contribution in [1.82, 2.24) is 4.57 Å². The molecule has 1 aliphatic heterocycles. The molecule has 1 aliphatic rings. The summed E-state index contributed by atoms with van der Waals surface area (Å²) in [6.45, 7) is -0.581. The van der Waals surface area contributed by atoms with Crippen molar-refractivity contribution in [3.8, 4) is 0 Å². The summed E-state index contributed by atoms with van der Waals surface area (Å²) in [5.74, 6) is -2.37. The fourth-order valence-corrected chi connectivity index (χ4v) is 1.82. The SMILES string of the molecule is O=c1ccccn1[C@@]1(O)O[C@H](CO)[C@@H](O)[C@H]1O. The van der Waals surface area contributed by atoms with E-state index in [1.165, 1.54) is 24.4 Å². The highest BCUT2D eigenvalue weighted by molar-refractivity contribution is 5.00. The minimum atomic E-state index is -2.37. The van der Waals surface area contributed by atoms with E-state index in [9.17, 15) is 20.1 Å². The van der Waals surface area contributed by atoms with Crippen LogP contribution in [0.4, 0.5) is 0 Å². The number of aliphatic hydroxyl groups excluding tert-OH is 3. The molecule has 0 unspecified atom stereocenters. The van der Waals surface area contributed by atoms with Gasteiger partial charge < -0.3 is 25.2 Å². The zero-order chi connectivity index (χ0) is 12.6. The van der Waals surface area contributed by atoms with E-state index in [4.69, 9.17) is 9.84 Å². The number of nitrogens with zero attached hydrogens (tertiary/aromatic N) is 1. The topological polar surface area (TPSA) is 112 Å². The molecule has 4 atom stereocenters. The van der Waals surface area contributed by atoms with Crippen LogP contribution in [0.5, 0.6) is 0 Å². The number of aromatic nitrogens is 1. The molecule has 0 bridgehead atoms. The number of rotatable bonds is 2. The van der Waals surface area contributed by atoms with Crippen molar-refractivity contribution >= 4 is 0 Å². The molecule has 0 saturated carbocycles. The van der Waals surface area contributed by atoms with Gasteiger partial charge in [-0.25, -0.2) is 0 Å². The molecule has 0 radical (unpaired) electrons. The van der Waals surface area contributed by atoms with Gasteiger partial charge in [0.15, 0.2) is 6.10 Å². The Bertz CT molecular complexity index is 460. The molecule has 2 rings (SSSR count). The number of aliphatic hydroxyl groups is 4. The monoisotopic (exact) mass is 243 g/mol. The van der Waals surface area contributed by atoms with Crippen LogP contribution in [0.2, 0.25) is 0 Å². The Kier molecular flexibility index (Phi) is 3.02. The Labute approximate surface area is 96.1 Å². The fraction of sp³-hybridized carbons (Fsp3) is 0.500. The highest BCUT2D eigenvalue weighted by Gasteiger charge is 2.55. The van der Waals surface area contributed by atoms with Gasteiger partial charge in [-0.2, -0.15) is 0 Å². The predicted molar refractivity (Wildman–Crippen MR) is 54.9 cm³/mol. The van der Waals surface area contributed by atoms with Crippen LogP contribution in [0.3, 0.4) is 0 Å². The quantitative estimate of drug-likeness (QED) is 0.459. The van der Waals surface area contributed by atoms with E-state index < -0.39 is 36.4 Å². The van der Waals surface area contributed by atoms with Gasteiger partial charge in [-0.15, -0.1) is 0 Å². The smallest absolute Gasteiger partial charge is 0.286 e. The molecule has 1 aromatic heterocycles. The molecule has 1 saturated heterocycles. The van der Waals surface area contributed by atoms with Crippen LogP contribution in [0, 0.1) is 0 Å². The maximum absolute atomic E-state index is 11.5. The lowest BCUT2D eigenvalue weighted by Crippen LogP contribution is -2.49. The summed E-state index contributed by atoms with van der Waals surface area (Å²) in [4.78, 5) is 11.5. The summed E-state index contributed by atoms with van der Waals surface area (Å²) in [5, 5.41) is 38.2. The maximum atomic E-state index is 11.5. The van der Waals surface area contributed by atoms with Crippen LogP contribution in [0.1, 0.15) is 0 Å². The van der Waals surface area contributed by atoms with Crippen molar-refractivity contribution in [2.45, 2.75) is 24.2 Å². The van der Waals surface area contributed by atoms with E-state index in [1.807, 2.05) is 0 Å². The largest absolute Gasteiger partial charge is 0.394 e. The zero-order valence-electron chi connectivity index (χ0n) is 8.80. The average Bonchev–Trinajstić information content (AvgIpc) is 2.55. The van der Waals surface area contributed by atoms with Gasteiger partial charge >= 0.3 is 0 Å². The van der Waals surface area contributed by atoms with Gasteiger partial charge in [-0.3, -0.25) is 9.36 Å². The molecule has 17 heavy (non-hydrogen) atoms.